The zero-order valence-electron chi connectivity index (χ0n) is 13.1. The summed E-state index contributed by atoms with van der Waals surface area (Å²) in [5.41, 5.74) is -0.106. The minimum Gasteiger partial charge on any atom is -0.394 e. The highest BCUT2D eigenvalue weighted by Gasteiger charge is 2.22. The fourth-order valence-corrected chi connectivity index (χ4v) is 2.24. The summed E-state index contributed by atoms with van der Waals surface area (Å²) in [5, 5.41) is 13.0. The molecule has 0 aromatic carbocycles. The zero-order chi connectivity index (χ0) is 14.0. The third-order valence-electron chi connectivity index (χ3n) is 3.57. The maximum atomic E-state index is 9.51. The van der Waals surface area contributed by atoms with Crippen molar-refractivity contribution in [1.29, 1.82) is 0 Å². The van der Waals surface area contributed by atoms with E-state index in [0.29, 0.717) is 6.04 Å². The van der Waals surface area contributed by atoms with Crippen molar-refractivity contribution < 1.29 is 5.11 Å². The summed E-state index contributed by atoms with van der Waals surface area (Å²) in [7, 11) is 0. The van der Waals surface area contributed by atoms with Crippen LogP contribution in [0.2, 0.25) is 0 Å². The topological polar surface area (TPSA) is 35.5 Å². The minimum absolute atomic E-state index is 0.106. The van der Waals surface area contributed by atoms with Crippen LogP contribution >= 0.6 is 0 Å². The van der Waals surface area contributed by atoms with Crippen LogP contribution in [0.15, 0.2) is 0 Å². The second-order valence-corrected chi connectivity index (χ2v) is 5.88. The Morgan fingerprint density at radius 1 is 1.17 bits per heavy atom. The lowest BCUT2D eigenvalue weighted by Gasteiger charge is -2.31. The van der Waals surface area contributed by atoms with Crippen LogP contribution in [0.3, 0.4) is 0 Å². The maximum Gasteiger partial charge on any atom is 0.0610 e. The van der Waals surface area contributed by atoms with Crippen LogP contribution in [0.1, 0.15) is 60.3 Å². The molecule has 3 nitrogen and oxygen atoms in total. The van der Waals surface area contributed by atoms with Gasteiger partial charge in [-0.2, -0.15) is 0 Å². The van der Waals surface area contributed by atoms with Crippen LogP contribution in [-0.4, -0.2) is 47.8 Å². The van der Waals surface area contributed by atoms with Gasteiger partial charge in [-0.05, 0) is 66.1 Å². The number of rotatable bonds is 11. The lowest BCUT2D eigenvalue weighted by molar-refractivity contribution is 0.151. The molecule has 3 heteroatoms. The van der Waals surface area contributed by atoms with E-state index >= 15 is 0 Å². The third-order valence-corrected chi connectivity index (χ3v) is 3.57. The molecule has 0 fully saturated rings. The van der Waals surface area contributed by atoms with E-state index in [2.05, 4.69) is 44.8 Å². The molecular formula is C15H34N2O. The maximum absolute atomic E-state index is 9.51. The van der Waals surface area contributed by atoms with Crippen LogP contribution < -0.4 is 5.32 Å². The fourth-order valence-electron chi connectivity index (χ4n) is 2.24. The number of hydrogen-bond donors (Lipinski definition) is 2. The highest BCUT2D eigenvalue weighted by molar-refractivity contribution is 4.82. The van der Waals surface area contributed by atoms with Crippen LogP contribution in [0.25, 0.3) is 0 Å². The molecule has 0 saturated heterocycles. The molecule has 0 spiro atoms. The quantitative estimate of drug-likeness (QED) is 0.598. The second kappa shape index (κ2) is 9.76. The third kappa shape index (κ3) is 7.34. The number of hydrogen-bond acceptors (Lipinski definition) is 3. The molecule has 0 radical (unpaired) electrons. The summed E-state index contributed by atoms with van der Waals surface area (Å²) in [6, 6.07) is 0.619. The van der Waals surface area contributed by atoms with Crippen LogP contribution in [0, 0.1) is 0 Å². The molecular weight excluding hydrogens is 224 g/mol. The molecule has 1 atom stereocenters. The molecule has 0 aromatic rings. The number of aliphatic hydroxyl groups excluding tert-OH is 1. The first-order valence-corrected chi connectivity index (χ1v) is 7.59. The lowest BCUT2D eigenvalue weighted by Crippen LogP contribution is -2.46. The summed E-state index contributed by atoms with van der Waals surface area (Å²) in [6.45, 7) is 14.6. The van der Waals surface area contributed by atoms with Gasteiger partial charge in [-0.25, -0.2) is 0 Å². The Balaban J connectivity index is 4.03. The van der Waals surface area contributed by atoms with Gasteiger partial charge in [0.2, 0.25) is 0 Å². The summed E-state index contributed by atoms with van der Waals surface area (Å²) in [5.74, 6) is 0. The largest absolute Gasteiger partial charge is 0.394 e. The van der Waals surface area contributed by atoms with Gasteiger partial charge in [0, 0.05) is 11.6 Å². The highest BCUT2D eigenvalue weighted by Crippen LogP contribution is 2.13. The van der Waals surface area contributed by atoms with Crippen molar-refractivity contribution in [3.05, 3.63) is 0 Å². The van der Waals surface area contributed by atoms with Crippen molar-refractivity contribution in [2.24, 2.45) is 0 Å². The first-order chi connectivity index (χ1) is 8.49. The van der Waals surface area contributed by atoms with Crippen LogP contribution in [0.5, 0.6) is 0 Å². The van der Waals surface area contributed by atoms with Gasteiger partial charge in [0.05, 0.1) is 6.61 Å². The average molecular weight is 258 g/mol. The van der Waals surface area contributed by atoms with Crippen molar-refractivity contribution in [1.82, 2.24) is 10.2 Å². The molecule has 0 aliphatic heterocycles. The van der Waals surface area contributed by atoms with Gasteiger partial charge < -0.3 is 15.3 Å². The Morgan fingerprint density at radius 3 is 2.28 bits per heavy atom. The van der Waals surface area contributed by atoms with E-state index in [0.717, 1.165) is 32.4 Å². The molecule has 0 aromatic heterocycles. The summed E-state index contributed by atoms with van der Waals surface area (Å²) >= 11 is 0. The molecule has 0 aliphatic carbocycles. The Bertz CT molecular complexity index is 197. The van der Waals surface area contributed by atoms with Gasteiger partial charge in [-0.15, -0.1) is 0 Å². The normalized spacial score (nSPS) is 15.3. The van der Waals surface area contributed by atoms with Gasteiger partial charge in [0.15, 0.2) is 0 Å². The SMILES string of the molecule is CCCNC(C)(CO)CCCN(CCC)C(C)C. The van der Waals surface area contributed by atoms with E-state index in [1.807, 2.05) is 0 Å². The van der Waals surface area contributed by atoms with Crippen molar-refractivity contribution in [3.63, 3.8) is 0 Å². The van der Waals surface area contributed by atoms with E-state index in [1.54, 1.807) is 0 Å². The summed E-state index contributed by atoms with van der Waals surface area (Å²) < 4.78 is 0. The predicted molar refractivity (Wildman–Crippen MR) is 80.0 cm³/mol. The van der Waals surface area contributed by atoms with E-state index < -0.39 is 0 Å². The molecule has 0 amide bonds. The smallest absolute Gasteiger partial charge is 0.0610 e. The molecule has 0 saturated carbocycles. The van der Waals surface area contributed by atoms with Gasteiger partial charge >= 0.3 is 0 Å². The van der Waals surface area contributed by atoms with Crippen molar-refractivity contribution in [3.8, 4) is 0 Å². The highest BCUT2D eigenvalue weighted by atomic mass is 16.3. The Hall–Kier alpha value is -0.120. The fraction of sp³-hybridized carbons (Fsp3) is 1.00. The molecule has 110 valence electrons. The van der Waals surface area contributed by atoms with E-state index in [-0.39, 0.29) is 12.1 Å². The minimum atomic E-state index is -0.106. The average Bonchev–Trinajstić information content (AvgIpc) is 2.35. The van der Waals surface area contributed by atoms with E-state index in [1.165, 1.54) is 13.0 Å². The monoisotopic (exact) mass is 258 g/mol. The lowest BCUT2D eigenvalue weighted by atomic mass is 9.96. The van der Waals surface area contributed by atoms with Crippen molar-refractivity contribution in [2.75, 3.05) is 26.2 Å². The Morgan fingerprint density at radius 2 is 1.83 bits per heavy atom. The molecule has 0 bridgehead atoms. The first-order valence-electron chi connectivity index (χ1n) is 7.59. The second-order valence-electron chi connectivity index (χ2n) is 5.88. The van der Waals surface area contributed by atoms with Crippen molar-refractivity contribution in [2.45, 2.75) is 71.9 Å². The molecule has 18 heavy (non-hydrogen) atoms. The van der Waals surface area contributed by atoms with Gasteiger partial charge in [0.25, 0.3) is 0 Å². The number of nitrogens with zero attached hydrogens (tertiary/aromatic N) is 1. The van der Waals surface area contributed by atoms with Gasteiger partial charge in [-0.3, -0.25) is 0 Å². The molecule has 0 rings (SSSR count). The van der Waals surface area contributed by atoms with Gasteiger partial charge in [-0.1, -0.05) is 13.8 Å². The van der Waals surface area contributed by atoms with Gasteiger partial charge in [0.1, 0.15) is 0 Å². The Labute approximate surface area is 114 Å². The molecule has 0 aliphatic rings. The van der Waals surface area contributed by atoms with E-state index in [4.69, 9.17) is 0 Å². The van der Waals surface area contributed by atoms with Crippen molar-refractivity contribution >= 4 is 0 Å². The van der Waals surface area contributed by atoms with E-state index in [9.17, 15) is 5.11 Å². The zero-order valence-corrected chi connectivity index (χ0v) is 13.1. The standard InChI is InChI=1S/C15H34N2O/c1-6-10-16-15(5,13-18)9-8-12-17(11-7-2)14(3)4/h14,16,18H,6-13H2,1-5H3. The summed E-state index contributed by atoms with van der Waals surface area (Å²) in [6.07, 6.45) is 4.51. The van der Waals surface area contributed by atoms with Crippen LogP contribution in [-0.2, 0) is 0 Å². The van der Waals surface area contributed by atoms with Crippen LogP contribution in [0.4, 0.5) is 0 Å². The predicted octanol–water partition coefficient (Wildman–Crippen LogP) is 2.64. The first kappa shape index (κ1) is 17.9. The molecule has 2 N–H and O–H groups in total. The number of aliphatic hydroxyl groups is 1. The molecule has 0 heterocycles. The molecule has 1 unspecified atom stereocenters. The number of nitrogens with one attached hydrogen (secondary N) is 1. The summed E-state index contributed by atoms with van der Waals surface area (Å²) in [4.78, 5) is 2.53. The Kier molecular flexibility index (Phi) is 9.70.